The molecule has 0 bridgehead atoms. The van der Waals surface area contributed by atoms with Gasteiger partial charge in [0.15, 0.2) is 0 Å². The maximum Gasteiger partial charge on any atom is 0.0518 e. The Labute approximate surface area is 89.4 Å². The zero-order chi connectivity index (χ0) is 10.8. The van der Waals surface area contributed by atoms with Gasteiger partial charge in [0.1, 0.15) is 0 Å². The Bertz CT molecular complexity index is 98.9. The van der Waals surface area contributed by atoms with Gasteiger partial charge in [-0.1, -0.05) is 26.7 Å². The monoisotopic (exact) mass is 201 g/mol. The molecule has 0 aromatic rings. The Morgan fingerprint density at radius 2 is 1.57 bits per heavy atom. The highest BCUT2D eigenvalue weighted by atomic mass is 16.5. The van der Waals surface area contributed by atoms with Crippen LogP contribution in [0.1, 0.15) is 53.4 Å². The molecule has 0 saturated heterocycles. The van der Waals surface area contributed by atoms with E-state index in [2.05, 4.69) is 33.0 Å². The summed E-state index contributed by atoms with van der Waals surface area (Å²) in [4.78, 5) is 0. The van der Waals surface area contributed by atoms with Crippen LogP contribution in [0.25, 0.3) is 0 Å². The molecule has 0 unspecified atom stereocenters. The lowest BCUT2D eigenvalue weighted by Crippen LogP contribution is -2.23. The van der Waals surface area contributed by atoms with Gasteiger partial charge in [0.25, 0.3) is 0 Å². The van der Waals surface area contributed by atoms with Crippen molar-refractivity contribution >= 4 is 0 Å². The second kappa shape index (κ2) is 9.47. The first-order valence-corrected chi connectivity index (χ1v) is 5.98. The molecular formula is C12H27NO. The predicted octanol–water partition coefficient (Wildman–Crippen LogP) is 2.97. The fourth-order valence-corrected chi connectivity index (χ4v) is 1.29. The van der Waals surface area contributed by atoms with E-state index in [4.69, 9.17) is 4.74 Å². The minimum Gasteiger partial charge on any atom is -0.379 e. The Balaban J connectivity index is 2.92. The molecule has 86 valence electrons. The molecule has 0 amide bonds. The Kier molecular flexibility index (Phi) is 9.42. The van der Waals surface area contributed by atoms with Crippen LogP contribution in [0.5, 0.6) is 0 Å². The predicted molar refractivity (Wildman–Crippen MR) is 62.7 cm³/mol. The largest absolute Gasteiger partial charge is 0.379 e. The summed E-state index contributed by atoms with van der Waals surface area (Å²) >= 11 is 0. The van der Waals surface area contributed by atoms with E-state index in [1.165, 1.54) is 25.7 Å². The number of nitrogens with one attached hydrogen (secondary N) is 1. The summed E-state index contributed by atoms with van der Waals surface area (Å²) in [6, 6.07) is 0.624. The van der Waals surface area contributed by atoms with Crippen LogP contribution in [0.3, 0.4) is 0 Å². The normalized spacial score (nSPS) is 11.6. The summed E-state index contributed by atoms with van der Waals surface area (Å²) < 4.78 is 5.47. The van der Waals surface area contributed by atoms with Crippen LogP contribution in [0.15, 0.2) is 0 Å². The fourth-order valence-electron chi connectivity index (χ4n) is 1.29. The summed E-state index contributed by atoms with van der Waals surface area (Å²) in [6.45, 7) is 10.6. The van der Waals surface area contributed by atoms with E-state index in [1.54, 1.807) is 0 Å². The number of hydrogen-bond acceptors (Lipinski definition) is 2. The second-order valence-electron chi connectivity index (χ2n) is 4.44. The van der Waals surface area contributed by atoms with Gasteiger partial charge in [-0.05, 0) is 33.2 Å². The van der Waals surface area contributed by atoms with E-state index in [0.717, 1.165) is 13.2 Å². The van der Waals surface area contributed by atoms with E-state index < -0.39 is 0 Å². The van der Waals surface area contributed by atoms with Gasteiger partial charge in [-0.3, -0.25) is 0 Å². The molecule has 0 heterocycles. The molecule has 2 nitrogen and oxygen atoms in total. The molecule has 0 radical (unpaired) electrons. The molecule has 0 atom stereocenters. The average molecular weight is 201 g/mol. The molecule has 0 spiro atoms. The molecule has 0 saturated carbocycles. The van der Waals surface area contributed by atoms with Crippen LogP contribution in [0.4, 0.5) is 0 Å². The molecule has 0 rings (SSSR count). The molecular weight excluding hydrogens is 174 g/mol. The molecule has 2 heteroatoms. The average Bonchev–Trinajstić information content (AvgIpc) is 2.08. The van der Waals surface area contributed by atoms with Crippen LogP contribution in [-0.2, 0) is 4.74 Å². The van der Waals surface area contributed by atoms with Gasteiger partial charge < -0.3 is 10.1 Å². The van der Waals surface area contributed by atoms with Crippen molar-refractivity contribution in [2.24, 2.45) is 0 Å². The first-order chi connectivity index (χ1) is 6.63. The van der Waals surface area contributed by atoms with Crippen molar-refractivity contribution in [3.63, 3.8) is 0 Å². The minimum atomic E-state index is 0.387. The van der Waals surface area contributed by atoms with Gasteiger partial charge in [0.2, 0.25) is 0 Å². The number of hydrogen-bond donors (Lipinski definition) is 1. The number of unbranched alkanes of at least 4 members (excludes halogenated alkanes) is 3. The van der Waals surface area contributed by atoms with Crippen LogP contribution in [0.2, 0.25) is 0 Å². The third kappa shape index (κ3) is 11.9. The minimum absolute atomic E-state index is 0.387. The summed E-state index contributed by atoms with van der Waals surface area (Å²) in [5, 5.41) is 3.42. The first kappa shape index (κ1) is 13.9. The highest BCUT2D eigenvalue weighted by Gasteiger charge is 1.94. The molecule has 0 aliphatic heterocycles. The van der Waals surface area contributed by atoms with Crippen LogP contribution < -0.4 is 5.32 Å². The summed E-state index contributed by atoms with van der Waals surface area (Å²) in [7, 11) is 0. The fraction of sp³-hybridized carbons (Fsp3) is 1.00. The van der Waals surface area contributed by atoms with E-state index in [9.17, 15) is 0 Å². The molecule has 0 aliphatic rings. The van der Waals surface area contributed by atoms with E-state index >= 15 is 0 Å². The SMILES string of the molecule is CC(C)NCCCCCCOC(C)C. The van der Waals surface area contributed by atoms with Gasteiger partial charge in [-0.25, -0.2) is 0 Å². The van der Waals surface area contributed by atoms with Gasteiger partial charge >= 0.3 is 0 Å². The number of ether oxygens (including phenoxy) is 1. The standard InChI is InChI=1S/C12H27NO/c1-11(2)13-9-7-5-6-8-10-14-12(3)4/h11-13H,5-10H2,1-4H3. The molecule has 0 aromatic heterocycles. The van der Waals surface area contributed by atoms with Crippen LogP contribution in [-0.4, -0.2) is 25.3 Å². The van der Waals surface area contributed by atoms with Crippen molar-refractivity contribution in [2.75, 3.05) is 13.2 Å². The Morgan fingerprint density at radius 3 is 2.14 bits per heavy atom. The molecule has 1 N–H and O–H groups in total. The van der Waals surface area contributed by atoms with Gasteiger partial charge in [0, 0.05) is 12.6 Å². The third-order valence-electron chi connectivity index (χ3n) is 2.07. The van der Waals surface area contributed by atoms with E-state index in [1.807, 2.05) is 0 Å². The highest BCUT2D eigenvalue weighted by molar-refractivity contribution is 4.53. The van der Waals surface area contributed by atoms with Crippen molar-refractivity contribution < 1.29 is 4.74 Å². The maximum atomic E-state index is 5.47. The third-order valence-corrected chi connectivity index (χ3v) is 2.07. The highest BCUT2D eigenvalue weighted by Crippen LogP contribution is 2.00. The topological polar surface area (TPSA) is 21.3 Å². The van der Waals surface area contributed by atoms with Crippen molar-refractivity contribution in [3.05, 3.63) is 0 Å². The quantitative estimate of drug-likeness (QED) is 0.579. The van der Waals surface area contributed by atoms with Gasteiger partial charge in [-0.2, -0.15) is 0 Å². The summed E-state index contributed by atoms with van der Waals surface area (Å²) in [5.41, 5.74) is 0. The van der Waals surface area contributed by atoms with Gasteiger partial charge in [0.05, 0.1) is 6.10 Å². The van der Waals surface area contributed by atoms with E-state index in [-0.39, 0.29) is 0 Å². The lowest BCUT2D eigenvalue weighted by atomic mass is 10.2. The second-order valence-corrected chi connectivity index (χ2v) is 4.44. The zero-order valence-electron chi connectivity index (χ0n) is 10.3. The maximum absolute atomic E-state index is 5.47. The lowest BCUT2D eigenvalue weighted by molar-refractivity contribution is 0.0757. The number of rotatable bonds is 9. The molecule has 0 aromatic carbocycles. The van der Waals surface area contributed by atoms with Crippen molar-refractivity contribution in [3.8, 4) is 0 Å². The van der Waals surface area contributed by atoms with E-state index in [0.29, 0.717) is 12.1 Å². The first-order valence-electron chi connectivity index (χ1n) is 5.98. The Hall–Kier alpha value is -0.0800. The summed E-state index contributed by atoms with van der Waals surface area (Å²) in [5.74, 6) is 0. The molecule has 14 heavy (non-hydrogen) atoms. The smallest absolute Gasteiger partial charge is 0.0518 e. The summed E-state index contributed by atoms with van der Waals surface area (Å²) in [6.07, 6.45) is 5.51. The van der Waals surface area contributed by atoms with Gasteiger partial charge in [-0.15, -0.1) is 0 Å². The Morgan fingerprint density at radius 1 is 0.929 bits per heavy atom. The van der Waals surface area contributed by atoms with Crippen molar-refractivity contribution in [2.45, 2.75) is 65.5 Å². The van der Waals surface area contributed by atoms with Crippen LogP contribution >= 0.6 is 0 Å². The van der Waals surface area contributed by atoms with Crippen LogP contribution in [0, 0.1) is 0 Å². The molecule has 0 aliphatic carbocycles. The van der Waals surface area contributed by atoms with Crippen molar-refractivity contribution in [1.29, 1.82) is 0 Å². The van der Waals surface area contributed by atoms with Crippen molar-refractivity contribution in [1.82, 2.24) is 5.32 Å². The lowest BCUT2D eigenvalue weighted by Gasteiger charge is -2.08. The molecule has 0 fully saturated rings. The zero-order valence-corrected chi connectivity index (χ0v) is 10.3.